The minimum absolute atomic E-state index is 0.0632. The van der Waals surface area contributed by atoms with Crippen LogP contribution in [0.1, 0.15) is 23.0 Å². The average Bonchev–Trinajstić information content (AvgIpc) is 3.14. The van der Waals surface area contributed by atoms with Crippen molar-refractivity contribution in [2.45, 2.75) is 12.5 Å². The van der Waals surface area contributed by atoms with Gasteiger partial charge in [0.15, 0.2) is 15.5 Å². The summed E-state index contributed by atoms with van der Waals surface area (Å²) in [6.45, 7) is 0. The molecule has 21 heavy (non-hydrogen) atoms. The van der Waals surface area contributed by atoms with Crippen molar-refractivity contribution in [3.63, 3.8) is 0 Å². The minimum Gasteiger partial charge on any atom is -0.464 e. The molecule has 0 radical (unpaired) electrons. The molecule has 3 heterocycles. The molecule has 0 saturated carbocycles. The molecule has 8 heteroatoms. The summed E-state index contributed by atoms with van der Waals surface area (Å²) in [5.41, 5.74) is 0.956. The molecule has 1 aliphatic heterocycles. The van der Waals surface area contributed by atoms with Gasteiger partial charge in [0.25, 0.3) is 0 Å². The van der Waals surface area contributed by atoms with E-state index in [4.69, 9.17) is 4.74 Å². The van der Waals surface area contributed by atoms with Gasteiger partial charge in [0, 0.05) is 0 Å². The summed E-state index contributed by atoms with van der Waals surface area (Å²) < 4.78 is 29.7. The largest absolute Gasteiger partial charge is 0.464 e. The summed E-state index contributed by atoms with van der Waals surface area (Å²) in [6.07, 6.45) is 0.517. The van der Waals surface area contributed by atoms with E-state index >= 15 is 0 Å². The summed E-state index contributed by atoms with van der Waals surface area (Å²) in [5.74, 6) is -0.296. The van der Waals surface area contributed by atoms with Crippen molar-refractivity contribution < 1.29 is 17.9 Å². The van der Waals surface area contributed by atoms with Gasteiger partial charge in [-0.3, -0.25) is 4.68 Å². The van der Waals surface area contributed by atoms with Crippen molar-refractivity contribution in [3.05, 3.63) is 29.3 Å². The van der Waals surface area contributed by atoms with Gasteiger partial charge in [-0.15, -0.1) is 11.3 Å². The van der Waals surface area contributed by atoms with Crippen LogP contribution in [-0.4, -0.2) is 42.8 Å². The van der Waals surface area contributed by atoms with Crippen molar-refractivity contribution >= 4 is 27.1 Å². The molecule has 112 valence electrons. The zero-order valence-electron chi connectivity index (χ0n) is 11.4. The normalized spacial score (nSPS) is 20.5. The van der Waals surface area contributed by atoms with E-state index in [1.54, 1.807) is 10.7 Å². The van der Waals surface area contributed by atoms with Crippen LogP contribution >= 0.6 is 11.3 Å². The molecule has 1 fully saturated rings. The van der Waals surface area contributed by atoms with E-state index in [1.165, 1.54) is 18.4 Å². The lowest BCUT2D eigenvalue weighted by atomic mass is 10.2. The van der Waals surface area contributed by atoms with Gasteiger partial charge in [-0.05, 0) is 23.9 Å². The second kappa shape index (κ2) is 5.27. The Morgan fingerprint density at radius 3 is 2.90 bits per heavy atom. The monoisotopic (exact) mass is 326 g/mol. The predicted octanol–water partition coefficient (Wildman–Crippen LogP) is 1.76. The number of carbonyl (C=O) groups is 1. The van der Waals surface area contributed by atoms with E-state index in [0.717, 1.165) is 10.6 Å². The molecule has 1 unspecified atom stereocenters. The molecule has 6 nitrogen and oxygen atoms in total. The molecule has 0 N–H and O–H groups in total. The van der Waals surface area contributed by atoms with Crippen LogP contribution < -0.4 is 0 Å². The fourth-order valence-corrected chi connectivity index (χ4v) is 4.88. The molecule has 0 amide bonds. The second-order valence-electron chi connectivity index (χ2n) is 4.89. The molecule has 2 aromatic rings. The highest BCUT2D eigenvalue weighted by atomic mass is 32.2. The number of nitrogens with zero attached hydrogens (tertiary/aromatic N) is 2. The topological polar surface area (TPSA) is 78.3 Å². The number of carbonyl (C=O) groups excluding carboxylic acids is 1. The summed E-state index contributed by atoms with van der Waals surface area (Å²) in [6, 6.07) is 5.25. The van der Waals surface area contributed by atoms with Crippen molar-refractivity contribution in [1.29, 1.82) is 0 Å². The zero-order valence-corrected chi connectivity index (χ0v) is 13.0. The first-order chi connectivity index (χ1) is 10.00. The second-order valence-corrected chi connectivity index (χ2v) is 8.06. The van der Waals surface area contributed by atoms with Crippen LogP contribution in [0.4, 0.5) is 0 Å². The van der Waals surface area contributed by atoms with Gasteiger partial charge in [-0.1, -0.05) is 6.07 Å². The van der Waals surface area contributed by atoms with Gasteiger partial charge in [-0.25, -0.2) is 13.2 Å². The number of esters is 1. The van der Waals surface area contributed by atoms with Crippen LogP contribution in [0, 0.1) is 0 Å². The maximum absolute atomic E-state index is 11.7. The molecule has 1 atom stereocenters. The Labute approximate surface area is 126 Å². The highest BCUT2D eigenvalue weighted by Crippen LogP contribution is 2.32. The first kappa shape index (κ1) is 14.3. The van der Waals surface area contributed by atoms with E-state index < -0.39 is 15.8 Å². The predicted molar refractivity (Wildman–Crippen MR) is 79.2 cm³/mol. The Kier molecular flexibility index (Phi) is 3.58. The first-order valence-corrected chi connectivity index (χ1v) is 9.12. The highest BCUT2D eigenvalue weighted by Gasteiger charge is 2.32. The number of methoxy groups -OCH3 is 1. The van der Waals surface area contributed by atoms with Gasteiger partial charge in [0.1, 0.15) is 0 Å². The molecule has 0 spiro atoms. The van der Waals surface area contributed by atoms with Gasteiger partial charge < -0.3 is 4.74 Å². The van der Waals surface area contributed by atoms with E-state index in [9.17, 15) is 13.2 Å². The molecule has 1 aliphatic rings. The molecular formula is C13H14N2O4S2. The van der Waals surface area contributed by atoms with Crippen LogP contribution in [0.3, 0.4) is 0 Å². The summed E-state index contributed by atoms with van der Waals surface area (Å²) in [7, 11) is -1.72. The van der Waals surface area contributed by atoms with Crippen molar-refractivity contribution in [3.8, 4) is 10.6 Å². The van der Waals surface area contributed by atoms with Crippen molar-refractivity contribution in [2.24, 2.45) is 0 Å². The Morgan fingerprint density at radius 2 is 2.33 bits per heavy atom. The van der Waals surface area contributed by atoms with Crippen LogP contribution in [0.2, 0.25) is 0 Å². The fourth-order valence-electron chi connectivity index (χ4n) is 2.45. The Balaban J connectivity index is 2.06. The average molecular weight is 326 g/mol. The first-order valence-electron chi connectivity index (χ1n) is 6.42. The lowest BCUT2D eigenvalue weighted by Crippen LogP contribution is -2.14. The molecule has 2 aromatic heterocycles. The summed E-state index contributed by atoms with van der Waals surface area (Å²) >= 11 is 1.52. The van der Waals surface area contributed by atoms with Gasteiger partial charge in [0.2, 0.25) is 0 Å². The SMILES string of the molecule is COC(=O)c1cc(-c2cccs2)n(C2CCS(=O)(=O)C2)n1. The van der Waals surface area contributed by atoms with Crippen LogP contribution in [0.5, 0.6) is 0 Å². The lowest BCUT2D eigenvalue weighted by molar-refractivity contribution is 0.0592. The van der Waals surface area contributed by atoms with Gasteiger partial charge in [0.05, 0.1) is 35.2 Å². The smallest absolute Gasteiger partial charge is 0.358 e. The fraction of sp³-hybridized carbons (Fsp3) is 0.385. The standard InChI is InChI=1S/C13H14N2O4S2/c1-19-13(16)10-7-11(12-3-2-5-20-12)15(14-10)9-4-6-21(17,18)8-9/h2-3,5,7,9H,4,6,8H2,1H3. The summed E-state index contributed by atoms with van der Waals surface area (Å²) in [4.78, 5) is 12.6. The molecule has 0 aliphatic carbocycles. The number of hydrogen-bond acceptors (Lipinski definition) is 6. The van der Waals surface area contributed by atoms with E-state index in [-0.39, 0.29) is 23.2 Å². The third kappa shape index (κ3) is 2.73. The van der Waals surface area contributed by atoms with Gasteiger partial charge in [-0.2, -0.15) is 5.10 Å². The van der Waals surface area contributed by atoms with Crippen molar-refractivity contribution in [2.75, 3.05) is 18.6 Å². The Morgan fingerprint density at radius 1 is 1.52 bits per heavy atom. The van der Waals surface area contributed by atoms with Gasteiger partial charge >= 0.3 is 5.97 Å². The number of thiophene rings is 1. The minimum atomic E-state index is -3.02. The van der Waals surface area contributed by atoms with E-state index in [1.807, 2.05) is 17.5 Å². The van der Waals surface area contributed by atoms with E-state index in [2.05, 4.69) is 5.10 Å². The van der Waals surface area contributed by atoms with Crippen LogP contribution in [-0.2, 0) is 14.6 Å². The maximum Gasteiger partial charge on any atom is 0.358 e. The quantitative estimate of drug-likeness (QED) is 0.803. The molecular weight excluding hydrogens is 312 g/mol. The molecule has 0 bridgehead atoms. The number of aromatic nitrogens is 2. The summed E-state index contributed by atoms with van der Waals surface area (Å²) in [5, 5.41) is 6.20. The lowest BCUT2D eigenvalue weighted by Gasteiger charge is -2.12. The number of rotatable bonds is 3. The van der Waals surface area contributed by atoms with Crippen LogP contribution in [0.15, 0.2) is 23.6 Å². The highest BCUT2D eigenvalue weighted by molar-refractivity contribution is 7.91. The number of hydrogen-bond donors (Lipinski definition) is 0. The third-order valence-corrected chi connectivity index (χ3v) is 6.10. The number of sulfone groups is 1. The molecule has 1 saturated heterocycles. The Hall–Kier alpha value is -1.67. The third-order valence-electron chi connectivity index (χ3n) is 3.46. The Bertz CT molecular complexity index is 762. The maximum atomic E-state index is 11.7. The van der Waals surface area contributed by atoms with Crippen LogP contribution in [0.25, 0.3) is 10.6 Å². The molecule has 0 aromatic carbocycles. The zero-order chi connectivity index (χ0) is 15.0. The molecule has 3 rings (SSSR count). The number of ether oxygens (including phenoxy) is 1. The van der Waals surface area contributed by atoms with E-state index in [0.29, 0.717) is 6.42 Å². The van der Waals surface area contributed by atoms with Crippen molar-refractivity contribution in [1.82, 2.24) is 9.78 Å².